The van der Waals surface area contributed by atoms with E-state index in [2.05, 4.69) is 10.3 Å². The summed E-state index contributed by atoms with van der Waals surface area (Å²) < 4.78 is 1.42. The summed E-state index contributed by atoms with van der Waals surface area (Å²) in [6.07, 6.45) is 1.47. The molecule has 1 N–H and O–H groups in total. The van der Waals surface area contributed by atoms with Crippen molar-refractivity contribution in [2.24, 2.45) is 0 Å². The summed E-state index contributed by atoms with van der Waals surface area (Å²) in [7, 11) is 0. The minimum atomic E-state index is -0.706. The second-order valence-corrected chi connectivity index (χ2v) is 3.79. The van der Waals surface area contributed by atoms with Gasteiger partial charge in [0.2, 0.25) is 0 Å². The fourth-order valence-electron chi connectivity index (χ4n) is 1.39. The summed E-state index contributed by atoms with van der Waals surface area (Å²) in [5.74, 6) is 0.391. The molecule has 0 aliphatic heterocycles. The lowest BCUT2D eigenvalue weighted by Gasteiger charge is -2.06. The van der Waals surface area contributed by atoms with Crippen molar-refractivity contribution >= 4 is 11.6 Å². The van der Waals surface area contributed by atoms with Crippen LogP contribution in [0.1, 0.15) is 12.6 Å². The van der Waals surface area contributed by atoms with Crippen LogP contribution in [0.2, 0.25) is 0 Å². The van der Waals surface area contributed by atoms with Crippen molar-refractivity contribution in [2.75, 3.05) is 5.88 Å². The van der Waals surface area contributed by atoms with E-state index < -0.39 is 6.23 Å². The van der Waals surface area contributed by atoms with E-state index >= 15 is 0 Å². The predicted molar refractivity (Wildman–Crippen MR) is 62.1 cm³/mol. The molecule has 0 saturated heterocycles. The molecule has 0 fully saturated rings. The van der Waals surface area contributed by atoms with Crippen molar-refractivity contribution in [3.05, 3.63) is 36.5 Å². The maximum Gasteiger partial charge on any atom is 0.149 e. The maximum absolute atomic E-state index is 9.66. The molecule has 0 spiro atoms. The van der Waals surface area contributed by atoms with Crippen LogP contribution in [0.15, 0.2) is 36.5 Å². The van der Waals surface area contributed by atoms with E-state index in [4.69, 9.17) is 11.6 Å². The molecule has 1 heterocycles. The van der Waals surface area contributed by atoms with Crippen molar-refractivity contribution in [1.82, 2.24) is 15.0 Å². The van der Waals surface area contributed by atoms with Crippen molar-refractivity contribution in [3.63, 3.8) is 0 Å². The van der Waals surface area contributed by atoms with Crippen LogP contribution in [-0.4, -0.2) is 26.0 Å². The first kappa shape index (κ1) is 11.1. The fourth-order valence-corrected chi connectivity index (χ4v) is 1.59. The number of hydrogen-bond acceptors (Lipinski definition) is 3. The quantitative estimate of drug-likeness (QED) is 0.829. The summed E-state index contributed by atoms with van der Waals surface area (Å²) in [6.45, 7) is 0. The maximum atomic E-state index is 9.66. The van der Waals surface area contributed by atoms with Gasteiger partial charge in [0.1, 0.15) is 11.9 Å². The molecular weight excluding hydrogens is 226 g/mol. The summed E-state index contributed by atoms with van der Waals surface area (Å²) >= 11 is 5.55. The van der Waals surface area contributed by atoms with Crippen LogP contribution in [0.4, 0.5) is 0 Å². The molecule has 0 aliphatic rings. The van der Waals surface area contributed by atoms with Gasteiger partial charge in [0.05, 0.1) is 6.20 Å². The molecule has 4 nitrogen and oxygen atoms in total. The Morgan fingerprint density at radius 2 is 2.06 bits per heavy atom. The topological polar surface area (TPSA) is 50.9 Å². The van der Waals surface area contributed by atoms with E-state index in [0.717, 1.165) is 11.3 Å². The second kappa shape index (κ2) is 5.09. The number of aromatic nitrogens is 3. The van der Waals surface area contributed by atoms with Crippen LogP contribution in [0, 0.1) is 0 Å². The normalized spacial score (nSPS) is 12.6. The van der Waals surface area contributed by atoms with Gasteiger partial charge in [-0.3, -0.25) is 0 Å². The number of halogens is 1. The van der Waals surface area contributed by atoms with Gasteiger partial charge in [-0.05, 0) is 0 Å². The third-order valence-electron chi connectivity index (χ3n) is 2.25. The van der Waals surface area contributed by atoms with Gasteiger partial charge in [0, 0.05) is 17.9 Å². The van der Waals surface area contributed by atoms with Gasteiger partial charge < -0.3 is 5.11 Å². The van der Waals surface area contributed by atoms with E-state index in [1.54, 1.807) is 6.20 Å². The fraction of sp³-hybridized carbons (Fsp3) is 0.273. The lowest BCUT2D eigenvalue weighted by atomic mass is 10.2. The third-order valence-corrected chi connectivity index (χ3v) is 2.47. The zero-order valence-electron chi connectivity index (χ0n) is 8.62. The summed E-state index contributed by atoms with van der Waals surface area (Å²) in [5.41, 5.74) is 1.72. The average Bonchev–Trinajstić information content (AvgIpc) is 2.80. The van der Waals surface area contributed by atoms with Crippen LogP contribution in [-0.2, 0) is 0 Å². The lowest BCUT2D eigenvalue weighted by molar-refractivity contribution is 0.0856. The number of hydrogen-bond donors (Lipinski definition) is 1. The Bertz CT molecular complexity index is 444. The molecule has 0 aliphatic carbocycles. The molecule has 84 valence electrons. The van der Waals surface area contributed by atoms with E-state index in [1.165, 1.54) is 4.68 Å². The number of aliphatic hydroxyl groups is 1. The molecule has 1 aromatic carbocycles. The number of benzene rings is 1. The Morgan fingerprint density at radius 1 is 1.31 bits per heavy atom. The summed E-state index contributed by atoms with van der Waals surface area (Å²) in [4.78, 5) is 0. The Morgan fingerprint density at radius 3 is 2.75 bits per heavy atom. The molecule has 1 atom stereocenters. The summed E-state index contributed by atoms with van der Waals surface area (Å²) in [5, 5.41) is 17.5. The first-order chi connectivity index (χ1) is 7.81. The summed E-state index contributed by atoms with van der Waals surface area (Å²) in [6, 6.07) is 9.70. The highest BCUT2D eigenvalue weighted by Crippen LogP contribution is 2.17. The van der Waals surface area contributed by atoms with Gasteiger partial charge in [0.15, 0.2) is 0 Å². The Labute approximate surface area is 98.5 Å². The third kappa shape index (κ3) is 2.40. The van der Waals surface area contributed by atoms with Gasteiger partial charge in [0.25, 0.3) is 0 Å². The van der Waals surface area contributed by atoms with Gasteiger partial charge in [-0.2, -0.15) is 0 Å². The first-order valence-electron chi connectivity index (χ1n) is 5.02. The highest BCUT2D eigenvalue weighted by atomic mass is 35.5. The smallest absolute Gasteiger partial charge is 0.149 e. The van der Waals surface area contributed by atoms with Crippen LogP contribution in [0.5, 0.6) is 0 Å². The minimum absolute atomic E-state index is 0.391. The minimum Gasteiger partial charge on any atom is -0.372 e. The zero-order valence-corrected chi connectivity index (χ0v) is 9.38. The van der Waals surface area contributed by atoms with E-state index in [9.17, 15) is 5.11 Å². The standard InChI is InChI=1S/C11H12ClN3O/c12-7-6-11(16)15-8-10(13-14-15)9-4-2-1-3-5-9/h1-5,8,11,16H,6-7H2. The lowest BCUT2D eigenvalue weighted by Crippen LogP contribution is -2.09. The molecule has 0 bridgehead atoms. The van der Waals surface area contributed by atoms with Gasteiger partial charge in [-0.15, -0.1) is 16.7 Å². The monoisotopic (exact) mass is 237 g/mol. The Hall–Kier alpha value is -1.39. The number of nitrogens with zero attached hydrogens (tertiary/aromatic N) is 3. The molecular formula is C11H12ClN3O. The van der Waals surface area contributed by atoms with Crippen LogP contribution < -0.4 is 0 Å². The average molecular weight is 238 g/mol. The van der Waals surface area contributed by atoms with Crippen molar-refractivity contribution < 1.29 is 5.11 Å². The van der Waals surface area contributed by atoms with E-state index in [0.29, 0.717) is 12.3 Å². The van der Waals surface area contributed by atoms with Crippen LogP contribution >= 0.6 is 11.6 Å². The van der Waals surface area contributed by atoms with E-state index in [1.807, 2.05) is 30.3 Å². The molecule has 16 heavy (non-hydrogen) atoms. The number of alkyl halides is 1. The van der Waals surface area contributed by atoms with Crippen LogP contribution in [0.3, 0.4) is 0 Å². The zero-order chi connectivity index (χ0) is 11.4. The van der Waals surface area contributed by atoms with Gasteiger partial charge >= 0.3 is 0 Å². The largest absolute Gasteiger partial charge is 0.372 e. The van der Waals surface area contributed by atoms with Gasteiger partial charge in [-0.1, -0.05) is 35.5 Å². The molecule has 0 saturated carbocycles. The van der Waals surface area contributed by atoms with Crippen molar-refractivity contribution in [1.29, 1.82) is 0 Å². The Balaban J connectivity index is 2.20. The molecule has 1 aromatic heterocycles. The highest BCUT2D eigenvalue weighted by Gasteiger charge is 2.09. The second-order valence-electron chi connectivity index (χ2n) is 3.41. The molecule has 2 aromatic rings. The highest BCUT2D eigenvalue weighted by molar-refractivity contribution is 6.17. The first-order valence-corrected chi connectivity index (χ1v) is 5.56. The van der Waals surface area contributed by atoms with Crippen molar-refractivity contribution in [2.45, 2.75) is 12.6 Å². The molecule has 5 heteroatoms. The van der Waals surface area contributed by atoms with Crippen LogP contribution in [0.25, 0.3) is 11.3 Å². The van der Waals surface area contributed by atoms with Gasteiger partial charge in [-0.25, -0.2) is 4.68 Å². The Kier molecular flexibility index (Phi) is 3.54. The number of aliphatic hydroxyl groups excluding tert-OH is 1. The molecule has 2 rings (SSSR count). The molecule has 0 amide bonds. The van der Waals surface area contributed by atoms with E-state index in [-0.39, 0.29) is 0 Å². The predicted octanol–water partition coefficient (Wildman–Crippen LogP) is 2.06. The molecule has 0 radical (unpaired) electrons. The van der Waals surface area contributed by atoms with Crippen molar-refractivity contribution in [3.8, 4) is 11.3 Å². The SMILES string of the molecule is OC(CCCl)n1cc(-c2ccccc2)nn1. The number of rotatable bonds is 4. The molecule has 1 unspecified atom stereocenters.